The van der Waals surface area contributed by atoms with Crippen molar-refractivity contribution in [3.63, 3.8) is 0 Å². The summed E-state index contributed by atoms with van der Waals surface area (Å²) in [4.78, 5) is 22.7. The Morgan fingerprint density at radius 3 is 2.14 bits per heavy atom. The maximum absolute atomic E-state index is 12.0. The first-order valence-corrected chi connectivity index (χ1v) is 8.00. The van der Waals surface area contributed by atoms with Gasteiger partial charge >= 0.3 is 5.97 Å². The van der Waals surface area contributed by atoms with E-state index >= 15 is 0 Å². The van der Waals surface area contributed by atoms with Gasteiger partial charge in [0.25, 0.3) is 0 Å². The van der Waals surface area contributed by atoms with Crippen molar-refractivity contribution in [2.45, 2.75) is 25.9 Å². The number of sulfonamides is 1. The molecule has 0 aliphatic rings. The molecule has 0 saturated heterocycles. The van der Waals surface area contributed by atoms with Gasteiger partial charge < -0.3 is 10.4 Å². The van der Waals surface area contributed by atoms with Crippen LogP contribution in [0.5, 0.6) is 0 Å². The molecule has 3 N–H and O–H groups in total. The van der Waals surface area contributed by atoms with Crippen molar-refractivity contribution in [2.75, 3.05) is 6.26 Å². The largest absolute Gasteiger partial charge is 0.478 e. The molecule has 0 aliphatic heterocycles. The van der Waals surface area contributed by atoms with Gasteiger partial charge in [0.2, 0.25) is 15.9 Å². The van der Waals surface area contributed by atoms with Gasteiger partial charge in [0, 0.05) is 6.54 Å². The van der Waals surface area contributed by atoms with Gasteiger partial charge in [-0.2, -0.15) is 0 Å². The summed E-state index contributed by atoms with van der Waals surface area (Å²) in [5, 5.41) is 11.4. The second kappa shape index (κ2) is 6.23. The molecule has 116 valence electrons. The van der Waals surface area contributed by atoms with Crippen LogP contribution in [-0.2, 0) is 21.4 Å². The van der Waals surface area contributed by atoms with E-state index in [-0.39, 0.29) is 12.1 Å². The summed E-state index contributed by atoms with van der Waals surface area (Å²) >= 11 is 0. The molecule has 0 bridgehead atoms. The minimum atomic E-state index is -3.50. The van der Waals surface area contributed by atoms with Gasteiger partial charge in [-0.15, -0.1) is 0 Å². The lowest BCUT2D eigenvalue weighted by Crippen LogP contribution is -2.54. The zero-order valence-corrected chi connectivity index (χ0v) is 12.8. The topological polar surface area (TPSA) is 113 Å². The van der Waals surface area contributed by atoms with E-state index in [0.717, 1.165) is 6.26 Å². The molecule has 21 heavy (non-hydrogen) atoms. The van der Waals surface area contributed by atoms with Crippen LogP contribution in [0.3, 0.4) is 0 Å². The van der Waals surface area contributed by atoms with Crippen LogP contribution >= 0.6 is 0 Å². The van der Waals surface area contributed by atoms with Crippen molar-refractivity contribution in [1.82, 2.24) is 10.0 Å². The second-order valence-corrected chi connectivity index (χ2v) is 6.93. The first-order chi connectivity index (χ1) is 9.51. The van der Waals surface area contributed by atoms with Gasteiger partial charge in [-0.25, -0.2) is 17.9 Å². The Morgan fingerprint density at radius 2 is 1.71 bits per heavy atom. The molecule has 7 nitrogen and oxygen atoms in total. The highest BCUT2D eigenvalue weighted by atomic mass is 32.2. The average molecular weight is 314 g/mol. The Morgan fingerprint density at radius 1 is 1.19 bits per heavy atom. The molecule has 1 aromatic carbocycles. The fourth-order valence-corrected chi connectivity index (χ4v) is 2.70. The lowest BCUT2D eigenvalue weighted by molar-refractivity contribution is -0.125. The van der Waals surface area contributed by atoms with E-state index < -0.39 is 27.4 Å². The van der Waals surface area contributed by atoms with E-state index in [1.165, 1.54) is 26.0 Å². The monoisotopic (exact) mass is 314 g/mol. The number of carboxylic acid groups (broad SMARTS) is 1. The summed E-state index contributed by atoms with van der Waals surface area (Å²) in [6.07, 6.45) is 0.979. The Kier molecular flexibility index (Phi) is 5.08. The third-order valence-electron chi connectivity index (χ3n) is 2.66. The molecule has 0 aliphatic carbocycles. The number of aromatic carboxylic acids is 1. The zero-order valence-electron chi connectivity index (χ0n) is 12.0. The molecule has 0 heterocycles. The number of hydrogen-bond donors (Lipinski definition) is 3. The highest BCUT2D eigenvalue weighted by Crippen LogP contribution is 2.07. The SMILES string of the molecule is CC(C)(NS(C)(=O)=O)C(=O)NCc1ccc(C(=O)O)cc1. The van der Waals surface area contributed by atoms with E-state index in [0.29, 0.717) is 5.56 Å². The number of carboxylic acids is 1. The van der Waals surface area contributed by atoms with E-state index in [1.54, 1.807) is 12.1 Å². The molecule has 0 radical (unpaired) electrons. The summed E-state index contributed by atoms with van der Waals surface area (Å²) < 4.78 is 24.6. The number of carbonyl (C=O) groups excluding carboxylic acids is 1. The number of carbonyl (C=O) groups is 2. The fraction of sp³-hybridized carbons (Fsp3) is 0.385. The Bertz CT molecular complexity index is 635. The quantitative estimate of drug-likeness (QED) is 0.700. The number of hydrogen-bond acceptors (Lipinski definition) is 4. The molecule has 0 fully saturated rings. The van der Waals surface area contributed by atoms with Gasteiger partial charge in [-0.05, 0) is 31.5 Å². The molecule has 0 spiro atoms. The first kappa shape index (κ1) is 17.1. The van der Waals surface area contributed by atoms with Crippen molar-refractivity contribution < 1.29 is 23.1 Å². The molecule has 1 aromatic rings. The third kappa shape index (κ3) is 5.52. The Balaban J connectivity index is 2.66. The van der Waals surface area contributed by atoms with Crippen LogP contribution < -0.4 is 10.0 Å². The highest BCUT2D eigenvalue weighted by molar-refractivity contribution is 7.88. The first-order valence-electron chi connectivity index (χ1n) is 6.11. The predicted molar refractivity (Wildman–Crippen MR) is 77.3 cm³/mol. The summed E-state index contributed by atoms with van der Waals surface area (Å²) in [7, 11) is -3.50. The maximum atomic E-state index is 12.0. The highest BCUT2D eigenvalue weighted by Gasteiger charge is 2.30. The number of rotatable bonds is 6. The number of benzene rings is 1. The summed E-state index contributed by atoms with van der Waals surface area (Å²) in [6.45, 7) is 3.08. The predicted octanol–water partition coefficient (Wildman–Crippen LogP) is 0.329. The summed E-state index contributed by atoms with van der Waals surface area (Å²) in [6, 6.07) is 6.04. The number of nitrogens with one attached hydrogen (secondary N) is 2. The average Bonchev–Trinajstić information content (AvgIpc) is 2.33. The maximum Gasteiger partial charge on any atom is 0.335 e. The minimum Gasteiger partial charge on any atom is -0.478 e. The van der Waals surface area contributed by atoms with Crippen molar-refractivity contribution in [2.24, 2.45) is 0 Å². The molecule has 0 unspecified atom stereocenters. The van der Waals surface area contributed by atoms with Crippen molar-refractivity contribution in [3.8, 4) is 0 Å². The zero-order chi connectivity index (χ0) is 16.3. The van der Waals surface area contributed by atoms with Crippen molar-refractivity contribution in [1.29, 1.82) is 0 Å². The second-order valence-electron chi connectivity index (χ2n) is 5.18. The van der Waals surface area contributed by atoms with Gasteiger partial charge in [-0.1, -0.05) is 12.1 Å². The normalized spacial score (nSPS) is 12.0. The molecule has 1 amide bonds. The van der Waals surface area contributed by atoms with E-state index in [4.69, 9.17) is 5.11 Å². The smallest absolute Gasteiger partial charge is 0.335 e. The Hall–Kier alpha value is -1.93. The van der Waals surface area contributed by atoms with Crippen LogP contribution in [0.2, 0.25) is 0 Å². The Labute approximate surface area is 123 Å². The molecular weight excluding hydrogens is 296 g/mol. The molecule has 0 aromatic heterocycles. The van der Waals surface area contributed by atoms with Crippen LogP contribution in [-0.4, -0.2) is 37.2 Å². The summed E-state index contributed by atoms with van der Waals surface area (Å²) in [5.74, 6) is -1.50. The fourth-order valence-electron chi connectivity index (χ4n) is 1.68. The van der Waals surface area contributed by atoms with Crippen molar-refractivity contribution >= 4 is 21.9 Å². The minimum absolute atomic E-state index is 0.157. The van der Waals surface area contributed by atoms with Crippen LogP contribution in [0.15, 0.2) is 24.3 Å². The van der Waals surface area contributed by atoms with Crippen LogP contribution in [0.1, 0.15) is 29.8 Å². The van der Waals surface area contributed by atoms with Gasteiger partial charge in [0.05, 0.1) is 11.8 Å². The van der Waals surface area contributed by atoms with Crippen molar-refractivity contribution in [3.05, 3.63) is 35.4 Å². The number of amides is 1. The van der Waals surface area contributed by atoms with E-state index in [9.17, 15) is 18.0 Å². The molecule has 0 atom stereocenters. The van der Waals surface area contributed by atoms with Gasteiger partial charge in [-0.3, -0.25) is 4.79 Å². The van der Waals surface area contributed by atoms with E-state index in [1.807, 2.05) is 0 Å². The molecule has 8 heteroatoms. The van der Waals surface area contributed by atoms with E-state index in [2.05, 4.69) is 10.0 Å². The van der Waals surface area contributed by atoms with Gasteiger partial charge in [0.1, 0.15) is 5.54 Å². The molecule has 0 saturated carbocycles. The lowest BCUT2D eigenvalue weighted by atomic mass is 10.1. The van der Waals surface area contributed by atoms with Gasteiger partial charge in [0.15, 0.2) is 0 Å². The lowest BCUT2D eigenvalue weighted by Gasteiger charge is -2.23. The van der Waals surface area contributed by atoms with Crippen LogP contribution in [0.4, 0.5) is 0 Å². The standard InChI is InChI=1S/C13H18N2O5S/c1-13(2,15-21(3,19)20)12(18)14-8-9-4-6-10(7-5-9)11(16)17/h4-7,15H,8H2,1-3H3,(H,14,18)(H,16,17). The third-order valence-corrected chi connectivity index (χ3v) is 3.54. The van der Waals surface area contributed by atoms with Crippen LogP contribution in [0, 0.1) is 0 Å². The molecule has 1 rings (SSSR count). The summed E-state index contributed by atoms with van der Waals surface area (Å²) in [5.41, 5.74) is -0.401. The molecular formula is C13H18N2O5S. The van der Waals surface area contributed by atoms with Crippen LogP contribution in [0.25, 0.3) is 0 Å².